The van der Waals surface area contributed by atoms with Crippen molar-refractivity contribution in [3.05, 3.63) is 47.4 Å². The molecule has 1 aliphatic heterocycles. The predicted molar refractivity (Wildman–Crippen MR) is 80.4 cm³/mol. The van der Waals surface area contributed by atoms with E-state index in [1.165, 1.54) is 6.20 Å². The van der Waals surface area contributed by atoms with Gasteiger partial charge in [0.25, 0.3) is 10.0 Å². The predicted octanol–water partition coefficient (Wildman–Crippen LogP) is 2.55. The molecule has 1 N–H and O–H groups in total. The first kappa shape index (κ1) is 14.3. The Hall–Kier alpha value is -1.66. The summed E-state index contributed by atoms with van der Waals surface area (Å²) in [6, 6.07) is 7.90. The molecule has 3 rings (SSSR count). The van der Waals surface area contributed by atoms with Crippen LogP contribution in [0.25, 0.3) is 0 Å². The quantitative estimate of drug-likeness (QED) is 0.947. The summed E-state index contributed by atoms with van der Waals surface area (Å²) in [6.07, 6.45) is 3.14. The Bertz CT molecular complexity index is 752. The van der Waals surface area contributed by atoms with Gasteiger partial charge < -0.3 is 4.98 Å². The van der Waals surface area contributed by atoms with Crippen molar-refractivity contribution < 1.29 is 8.42 Å². The molecule has 21 heavy (non-hydrogen) atoms. The van der Waals surface area contributed by atoms with Crippen LogP contribution < -0.4 is 0 Å². The van der Waals surface area contributed by atoms with Crippen molar-refractivity contribution in [2.45, 2.75) is 37.8 Å². The fraction of sp³-hybridized carbons (Fsp3) is 0.400. The van der Waals surface area contributed by atoms with Crippen molar-refractivity contribution in [1.29, 1.82) is 0 Å². The molecule has 0 bridgehead atoms. The van der Waals surface area contributed by atoms with Crippen molar-refractivity contribution in [3.63, 3.8) is 0 Å². The molecular weight excluding hydrogens is 286 g/mol. The highest BCUT2D eigenvalue weighted by Crippen LogP contribution is 2.37. The zero-order valence-corrected chi connectivity index (χ0v) is 13.0. The lowest BCUT2D eigenvalue weighted by Crippen LogP contribution is -2.31. The molecule has 0 radical (unpaired) electrons. The van der Waals surface area contributed by atoms with E-state index in [0.29, 0.717) is 12.4 Å². The third kappa shape index (κ3) is 2.49. The van der Waals surface area contributed by atoms with Crippen LogP contribution in [0.15, 0.2) is 35.5 Å². The molecule has 1 saturated heterocycles. The summed E-state index contributed by atoms with van der Waals surface area (Å²) in [5.41, 5.74) is 2.22. The Morgan fingerprint density at radius 3 is 2.71 bits per heavy atom. The lowest BCUT2D eigenvalue weighted by atomic mass is 10.0. The monoisotopic (exact) mass is 305 g/mol. The molecule has 112 valence electrons. The SMILES string of the molecule is Cc1ncc(S(=O)(=O)N2CCCC2c2ccccc2C)[nH]1. The first-order chi connectivity index (χ1) is 10.00. The minimum Gasteiger partial charge on any atom is -0.332 e. The second-order valence-corrected chi connectivity index (χ2v) is 7.32. The summed E-state index contributed by atoms with van der Waals surface area (Å²) in [4.78, 5) is 6.85. The van der Waals surface area contributed by atoms with Crippen LogP contribution in [0, 0.1) is 13.8 Å². The van der Waals surface area contributed by atoms with E-state index in [2.05, 4.69) is 9.97 Å². The normalized spacial score (nSPS) is 20.0. The maximum Gasteiger partial charge on any atom is 0.260 e. The Kier molecular flexibility index (Phi) is 3.59. The molecule has 1 fully saturated rings. The summed E-state index contributed by atoms with van der Waals surface area (Å²) in [5.74, 6) is 0.611. The third-order valence-corrected chi connectivity index (χ3v) is 5.84. The van der Waals surface area contributed by atoms with E-state index in [9.17, 15) is 8.42 Å². The number of hydrogen-bond donors (Lipinski definition) is 1. The highest BCUT2D eigenvalue weighted by atomic mass is 32.2. The Labute approximate surface area is 125 Å². The minimum absolute atomic E-state index is 0.0835. The second kappa shape index (κ2) is 5.27. The van der Waals surface area contributed by atoms with Gasteiger partial charge in [-0.1, -0.05) is 24.3 Å². The number of nitrogens with zero attached hydrogens (tertiary/aromatic N) is 2. The van der Waals surface area contributed by atoms with Crippen LogP contribution in [0.4, 0.5) is 0 Å². The number of aromatic nitrogens is 2. The third-order valence-electron chi connectivity index (χ3n) is 4.02. The van der Waals surface area contributed by atoms with Gasteiger partial charge in [-0.05, 0) is 37.8 Å². The van der Waals surface area contributed by atoms with E-state index >= 15 is 0 Å². The Morgan fingerprint density at radius 1 is 1.29 bits per heavy atom. The van der Waals surface area contributed by atoms with Crippen LogP contribution in [0.2, 0.25) is 0 Å². The minimum atomic E-state index is -3.52. The van der Waals surface area contributed by atoms with E-state index in [4.69, 9.17) is 0 Å². The molecule has 5 nitrogen and oxygen atoms in total. The van der Waals surface area contributed by atoms with Gasteiger partial charge in [-0.2, -0.15) is 4.31 Å². The van der Waals surface area contributed by atoms with Gasteiger partial charge in [0.05, 0.1) is 12.2 Å². The molecule has 2 aromatic rings. The van der Waals surface area contributed by atoms with E-state index in [0.717, 1.165) is 24.0 Å². The van der Waals surface area contributed by atoms with Gasteiger partial charge in [-0.15, -0.1) is 0 Å². The average molecular weight is 305 g/mol. The van der Waals surface area contributed by atoms with Gasteiger partial charge in [0.2, 0.25) is 0 Å². The number of aryl methyl sites for hydroxylation is 2. The van der Waals surface area contributed by atoms with Crippen LogP contribution >= 0.6 is 0 Å². The number of aromatic amines is 1. The summed E-state index contributed by atoms with van der Waals surface area (Å²) >= 11 is 0. The molecule has 1 unspecified atom stereocenters. The maximum absolute atomic E-state index is 12.8. The second-order valence-electron chi connectivity index (χ2n) is 5.46. The first-order valence-electron chi connectivity index (χ1n) is 7.09. The Balaban J connectivity index is 2.00. The summed E-state index contributed by atoms with van der Waals surface area (Å²) in [6.45, 7) is 4.33. The van der Waals surface area contributed by atoms with Gasteiger partial charge in [-0.25, -0.2) is 13.4 Å². The van der Waals surface area contributed by atoms with Gasteiger partial charge >= 0.3 is 0 Å². The molecular formula is C15H19N3O2S. The van der Waals surface area contributed by atoms with E-state index in [1.807, 2.05) is 31.2 Å². The topological polar surface area (TPSA) is 66.1 Å². The maximum atomic E-state index is 12.8. The van der Waals surface area contributed by atoms with Crippen LogP contribution in [0.3, 0.4) is 0 Å². The molecule has 6 heteroatoms. The molecule has 1 aromatic carbocycles. The lowest BCUT2D eigenvalue weighted by molar-refractivity contribution is 0.394. The molecule has 1 atom stereocenters. The average Bonchev–Trinajstić information content (AvgIpc) is 3.08. The van der Waals surface area contributed by atoms with Gasteiger partial charge in [0.1, 0.15) is 5.82 Å². The first-order valence-corrected chi connectivity index (χ1v) is 8.53. The van der Waals surface area contributed by atoms with Crippen LogP contribution in [-0.4, -0.2) is 29.2 Å². The largest absolute Gasteiger partial charge is 0.332 e. The number of benzene rings is 1. The van der Waals surface area contributed by atoms with Crippen LogP contribution in [0.1, 0.15) is 35.8 Å². The summed E-state index contributed by atoms with van der Waals surface area (Å²) in [5, 5.41) is 0.181. The van der Waals surface area contributed by atoms with Gasteiger partial charge in [0.15, 0.2) is 5.03 Å². The lowest BCUT2D eigenvalue weighted by Gasteiger charge is -2.24. The van der Waals surface area contributed by atoms with Gasteiger partial charge in [-0.3, -0.25) is 0 Å². The standard InChI is InChI=1S/C15H19N3O2S/c1-11-6-3-4-7-13(11)14-8-5-9-18(14)21(19,20)15-10-16-12(2)17-15/h3-4,6-7,10,14H,5,8-9H2,1-2H3,(H,16,17). The van der Waals surface area contributed by atoms with Crippen molar-refractivity contribution in [3.8, 4) is 0 Å². The molecule has 0 aliphatic carbocycles. The van der Waals surface area contributed by atoms with Crippen molar-refractivity contribution >= 4 is 10.0 Å². The smallest absolute Gasteiger partial charge is 0.260 e. The number of hydrogen-bond acceptors (Lipinski definition) is 3. The number of sulfonamides is 1. The molecule has 0 amide bonds. The van der Waals surface area contributed by atoms with Crippen LogP contribution in [0.5, 0.6) is 0 Å². The molecule has 1 aliphatic rings. The zero-order valence-electron chi connectivity index (χ0n) is 12.2. The molecule has 1 aromatic heterocycles. The molecule has 0 saturated carbocycles. The van der Waals surface area contributed by atoms with Gasteiger partial charge in [0, 0.05) is 6.54 Å². The number of H-pyrrole nitrogens is 1. The highest BCUT2D eigenvalue weighted by molar-refractivity contribution is 7.89. The number of imidazole rings is 1. The molecule has 0 spiro atoms. The fourth-order valence-electron chi connectivity index (χ4n) is 2.96. The fourth-order valence-corrected chi connectivity index (χ4v) is 4.59. The highest BCUT2D eigenvalue weighted by Gasteiger charge is 2.37. The number of rotatable bonds is 3. The van der Waals surface area contributed by atoms with E-state index in [1.54, 1.807) is 11.2 Å². The molecule has 2 heterocycles. The summed E-state index contributed by atoms with van der Waals surface area (Å²) in [7, 11) is -3.52. The van der Waals surface area contributed by atoms with E-state index < -0.39 is 10.0 Å². The van der Waals surface area contributed by atoms with Crippen molar-refractivity contribution in [2.75, 3.05) is 6.54 Å². The van der Waals surface area contributed by atoms with Crippen LogP contribution in [-0.2, 0) is 10.0 Å². The number of nitrogens with one attached hydrogen (secondary N) is 1. The summed E-state index contributed by atoms with van der Waals surface area (Å²) < 4.78 is 27.2. The van der Waals surface area contributed by atoms with Crippen molar-refractivity contribution in [2.24, 2.45) is 0 Å². The Morgan fingerprint density at radius 2 is 2.05 bits per heavy atom. The zero-order chi connectivity index (χ0) is 15.0. The van der Waals surface area contributed by atoms with Crippen molar-refractivity contribution in [1.82, 2.24) is 14.3 Å². The van der Waals surface area contributed by atoms with E-state index in [-0.39, 0.29) is 11.1 Å².